The molecule has 0 aliphatic heterocycles. The minimum atomic E-state index is -0.842. The molecule has 0 heterocycles. The van der Waals surface area contributed by atoms with Gasteiger partial charge in [-0.3, -0.25) is 4.79 Å². The van der Waals surface area contributed by atoms with Crippen molar-refractivity contribution in [2.75, 3.05) is 13.2 Å². The highest BCUT2D eigenvalue weighted by Crippen LogP contribution is 2.44. The molecule has 0 bridgehead atoms. The molecule has 3 aromatic rings. The average Bonchev–Trinajstić information content (AvgIpc) is 3.38. The first-order valence-corrected chi connectivity index (χ1v) is 16.9. The number of benzene rings is 3. The third-order valence-corrected chi connectivity index (χ3v) is 8.14. The maximum atomic E-state index is 13.5. The van der Waals surface area contributed by atoms with E-state index in [0.29, 0.717) is 31.4 Å². The van der Waals surface area contributed by atoms with Gasteiger partial charge in [0.05, 0.1) is 6.04 Å². The van der Waals surface area contributed by atoms with Crippen LogP contribution in [0.5, 0.6) is 0 Å². The molecule has 2 unspecified atom stereocenters. The van der Waals surface area contributed by atoms with Crippen LogP contribution >= 0.6 is 18.0 Å². The lowest BCUT2D eigenvalue weighted by atomic mass is 9.98. The maximum Gasteiger partial charge on any atom is 0.518 e. The second-order valence-corrected chi connectivity index (χ2v) is 13.5. The minimum Gasteiger partial charge on any atom is -0.449 e. The van der Waals surface area contributed by atoms with Gasteiger partial charge in [-0.15, -0.1) is 0 Å². The zero-order chi connectivity index (χ0) is 34.5. The number of nitrogens with one attached hydrogen (secondary N) is 2. The molecule has 0 aromatic heterocycles. The Labute approximate surface area is 284 Å². The van der Waals surface area contributed by atoms with Gasteiger partial charge in [0.1, 0.15) is 18.8 Å². The number of hydrogen-bond donors (Lipinski definition) is 2. The largest absolute Gasteiger partial charge is 0.518 e. The Balaban J connectivity index is 1.35. The van der Waals surface area contributed by atoms with E-state index in [1.54, 1.807) is 45.0 Å². The predicted molar refractivity (Wildman–Crippen MR) is 186 cm³/mol. The second-order valence-electron chi connectivity index (χ2n) is 12.2. The molecule has 0 saturated heterocycles. The van der Waals surface area contributed by atoms with E-state index in [1.807, 2.05) is 36.4 Å². The van der Waals surface area contributed by atoms with E-state index in [4.69, 9.17) is 18.7 Å². The van der Waals surface area contributed by atoms with Gasteiger partial charge >= 0.3 is 18.3 Å². The Hall–Kier alpha value is -4.33. The fourth-order valence-corrected chi connectivity index (χ4v) is 5.69. The molecule has 4 rings (SSSR count). The van der Waals surface area contributed by atoms with Crippen molar-refractivity contribution >= 4 is 42.1 Å². The number of amides is 2. The normalized spacial score (nSPS) is 12.8. The van der Waals surface area contributed by atoms with Crippen LogP contribution in [-0.4, -0.2) is 48.9 Å². The number of hydrogen-bond acceptors (Lipinski definition) is 9. The number of Topliss-reactive ketones (excluding diaryl/α,β-unsaturated/α-hetero) is 1. The molecule has 0 spiro atoms. The molecular formula is C35H41N3O8P2. The number of rotatable bonds is 14. The summed E-state index contributed by atoms with van der Waals surface area (Å²) in [6, 6.07) is 22.4. The monoisotopic (exact) mass is 693 g/mol. The third-order valence-electron chi connectivity index (χ3n) is 7.53. The smallest absolute Gasteiger partial charge is 0.449 e. The highest BCUT2D eigenvalue weighted by atomic mass is 31.1. The van der Waals surface area contributed by atoms with Crippen molar-refractivity contribution in [1.82, 2.24) is 10.6 Å². The minimum absolute atomic E-state index is 0.00271. The highest BCUT2D eigenvalue weighted by Gasteiger charge is 2.30. The van der Waals surface area contributed by atoms with Crippen LogP contribution in [0.4, 0.5) is 14.4 Å². The highest BCUT2D eigenvalue weighted by molar-refractivity contribution is 7.31. The van der Waals surface area contributed by atoms with Crippen LogP contribution in [0.25, 0.3) is 11.1 Å². The number of ether oxygens (including phenoxy) is 3. The van der Waals surface area contributed by atoms with Gasteiger partial charge in [-0.25, -0.2) is 18.9 Å². The van der Waals surface area contributed by atoms with Gasteiger partial charge in [-0.05, 0) is 82.8 Å². The van der Waals surface area contributed by atoms with E-state index in [-0.39, 0.29) is 39.9 Å². The van der Waals surface area contributed by atoms with Crippen molar-refractivity contribution in [3.8, 4) is 11.1 Å². The van der Waals surface area contributed by atoms with Crippen LogP contribution in [0, 0.1) is 0 Å². The predicted octanol–water partition coefficient (Wildman–Crippen LogP) is 7.89. The van der Waals surface area contributed by atoms with E-state index < -0.39 is 30.0 Å². The fourth-order valence-electron chi connectivity index (χ4n) is 5.38. The summed E-state index contributed by atoms with van der Waals surface area (Å²) in [4.78, 5) is 50.2. The maximum absolute atomic E-state index is 13.5. The summed E-state index contributed by atoms with van der Waals surface area (Å²) in [6.07, 6.45) is -0.450. The van der Waals surface area contributed by atoms with E-state index in [2.05, 4.69) is 36.7 Å². The molecule has 1 aliphatic rings. The van der Waals surface area contributed by atoms with Crippen molar-refractivity contribution in [3.63, 3.8) is 0 Å². The van der Waals surface area contributed by atoms with Gasteiger partial charge < -0.3 is 29.4 Å². The van der Waals surface area contributed by atoms with Crippen molar-refractivity contribution in [2.24, 2.45) is 4.52 Å². The lowest BCUT2D eigenvalue weighted by molar-refractivity contribution is -0.120. The first-order chi connectivity index (χ1) is 23.0. The molecule has 2 amide bonds. The number of carbonyl (C=O) groups excluding carboxylic acids is 4. The molecule has 13 heteroatoms. The van der Waals surface area contributed by atoms with Crippen LogP contribution in [0.15, 0.2) is 77.3 Å². The van der Waals surface area contributed by atoms with Gasteiger partial charge in [0.2, 0.25) is 0 Å². The van der Waals surface area contributed by atoms with Crippen LogP contribution in [0.2, 0.25) is 0 Å². The molecule has 0 radical (unpaired) electrons. The number of nitrogens with zero attached hydrogens (tertiary/aromatic N) is 1. The summed E-state index contributed by atoms with van der Waals surface area (Å²) in [6.45, 7) is 5.87. The number of alkyl carbamates (subject to hydrolysis) is 2. The summed E-state index contributed by atoms with van der Waals surface area (Å²) in [5.41, 5.74) is 5.29. The Kier molecular flexibility index (Phi) is 13.5. The fraction of sp³-hybridized carbons (Fsp3) is 0.371. The van der Waals surface area contributed by atoms with E-state index in [1.165, 1.54) is 0 Å². The molecule has 11 nitrogen and oxygen atoms in total. The third kappa shape index (κ3) is 11.1. The molecule has 0 fully saturated rings. The lowest BCUT2D eigenvalue weighted by Crippen LogP contribution is -2.42. The molecular weight excluding hydrogens is 652 g/mol. The van der Waals surface area contributed by atoms with Gasteiger partial charge in [-0.2, -0.15) is 0 Å². The van der Waals surface area contributed by atoms with Gasteiger partial charge in [0.15, 0.2) is 5.78 Å². The first-order valence-electron chi connectivity index (χ1n) is 15.7. The Morgan fingerprint density at radius 3 is 2.10 bits per heavy atom. The molecule has 2 atom stereocenters. The number of unbranched alkanes of at least 4 members (excludes halogenated alkanes) is 1. The van der Waals surface area contributed by atoms with Crippen LogP contribution in [-0.2, 0) is 36.6 Å². The van der Waals surface area contributed by atoms with E-state index in [9.17, 15) is 19.2 Å². The number of carbonyl (C=O) groups is 4. The molecule has 3 aromatic carbocycles. The lowest BCUT2D eigenvalue weighted by Gasteiger charge is -2.20. The molecule has 2 N–H and O–H groups in total. The van der Waals surface area contributed by atoms with Crippen LogP contribution < -0.4 is 10.6 Å². The summed E-state index contributed by atoms with van der Waals surface area (Å²) in [7, 11) is 2.20. The first kappa shape index (κ1) is 36.5. The van der Waals surface area contributed by atoms with Crippen molar-refractivity contribution in [3.05, 3.63) is 95.1 Å². The Bertz CT molecular complexity index is 1560. The summed E-state index contributed by atoms with van der Waals surface area (Å²) < 4.78 is 24.3. The van der Waals surface area contributed by atoms with Gasteiger partial charge in [-0.1, -0.05) is 72.8 Å². The van der Waals surface area contributed by atoms with Crippen molar-refractivity contribution < 1.29 is 37.9 Å². The van der Waals surface area contributed by atoms with Crippen molar-refractivity contribution in [2.45, 2.75) is 70.6 Å². The number of fused-ring (bicyclic) bond motifs is 3. The van der Waals surface area contributed by atoms with Gasteiger partial charge in [0, 0.05) is 18.9 Å². The summed E-state index contributed by atoms with van der Waals surface area (Å²) >= 11 is 0. The average molecular weight is 694 g/mol. The quantitative estimate of drug-likeness (QED) is 0.0752. The zero-order valence-electron chi connectivity index (χ0n) is 27.3. The molecule has 0 saturated carbocycles. The molecule has 254 valence electrons. The zero-order valence-corrected chi connectivity index (χ0v) is 29.3. The summed E-state index contributed by atoms with van der Waals surface area (Å²) in [5.74, 6) is -0.294. The Morgan fingerprint density at radius 2 is 1.48 bits per heavy atom. The SMILES string of the molecule is CC(C)(C)OC(=O)NCCCCC(NC(=O)OCC1c2ccccc2-c2ccccc21)C(=O)Cc1ccc(COC(=O)OP=NP)cc1. The van der Waals surface area contributed by atoms with Crippen LogP contribution in [0.3, 0.4) is 0 Å². The van der Waals surface area contributed by atoms with E-state index in [0.717, 1.165) is 27.8 Å². The molecule has 1 aliphatic carbocycles. The van der Waals surface area contributed by atoms with Crippen LogP contribution in [0.1, 0.15) is 68.2 Å². The molecule has 48 heavy (non-hydrogen) atoms. The summed E-state index contributed by atoms with van der Waals surface area (Å²) in [5, 5.41) is 5.52. The second kappa shape index (κ2) is 17.7. The Morgan fingerprint density at radius 1 is 0.854 bits per heavy atom. The van der Waals surface area contributed by atoms with Crippen molar-refractivity contribution in [1.29, 1.82) is 0 Å². The topological polar surface area (TPSA) is 142 Å². The number of ketones is 1. The van der Waals surface area contributed by atoms with E-state index >= 15 is 0 Å². The standard InChI is InChI=1S/C35H41N3O8P2/c1-35(2,3)45-32(40)36-19-9-8-14-30(31(39)20-23-15-17-24(18-16-23)21-44-34(42)46-48-38-47)37-33(41)43-22-29-27-12-6-4-10-25(27)26-11-5-7-13-28(26)29/h4-7,10-13,15-18,29-30H,8-9,14,19-22,47H2,1-3H3,(H,36,40)(H,37,41). The van der Waals surface area contributed by atoms with Gasteiger partial charge in [0.25, 0.3) is 8.60 Å².